The van der Waals surface area contributed by atoms with Gasteiger partial charge in [-0.1, -0.05) is 0 Å². The molecule has 0 saturated heterocycles. The molecule has 1 N–H and O–H groups in total. The summed E-state index contributed by atoms with van der Waals surface area (Å²) in [6, 6.07) is 3.27. The molecule has 0 aromatic heterocycles. The van der Waals surface area contributed by atoms with Crippen LogP contribution < -0.4 is 0 Å². The zero-order valence-corrected chi connectivity index (χ0v) is 9.21. The van der Waals surface area contributed by atoms with E-state index in [1.165, 1.54) is 25.1 Å². The molecule has 17 heavy (non-hydrogen) atoms. The topological polar surface area (TPSA) is 101 Å². The normalized spacial score (nSPS) is 9.76. The van der Waals surface area contributed by atoms with Crippen LogP contribution in [0.4, 0.5) is 5.69 Å². The van der Waals surface area contributed by atoms with Crippen LogP contribution in [0.3, 0.4) is 0 Å². The van der Waals surface area contributed by atoms with Crippen molar-refractivity contribution in [1.29, 1.82) is 0 Å². The Kier molecular flexibility index (Phi) is 3.42. The van der Waals surface area contributed by atoms with Crippen LogP contribution in [0.5, 0.6) is 0 Å². The highest BCUT2D eigenvalue weighted by molar-refractivity contribution is 5.98. The lowest BCUT2D eigenvalue weighted by molar-refractivity contribution is -0.385. The number of carbonyl (C=O) groups is 2. The van der Waals surface area contributed by atoms with Crippen molar-refractivity contribution in [2.45, 2.75) is 0 Å². The van der Waals surface area contributed by atoms with E-state index in [0.29, 0.717) is 0 Å². The molecule has 0 aliphatic rings. The van der Waals surface area contributed by atoms with Crippen molar-refractivity contribution >= 4 is 17.6 Å². The van der Waals surface area contributed by atoms with Crippen LogP contribution in [0.25, 0.3) is 0 Å². The van der Waals surface area contributed by atoms with Crippen molar-refractivity contribution in [3.8, 4) is 0 Å². The number of benzene rings is 1. The van der Waals surface area contributed by atoms with Gasteiger partial charge in [-0.25, -0.2) is 4.79 Å². The summed E-state index contributed by atoms with van der Waals surface area (Å²) < 4.78 is 0. The molecule has 0 atom stereocenters. The maximum atomic E-state index is 11.6. The second-order valence-corrected chi connectivity index (χ2v) is 3.49. The monoisotopic (exact) mass is 238 g/mol. The molecule has 7 nitrogen and oxygen atoms in total. The molecule has 0 heterocycles. The maximum Gasteiger partial charge on any atom is 0.342 e. The first kappa shape index (κ1) is 12.6. The van der Waals surface area contributed by atoms with Crippen LogP contribution in [0, 0.1) is 10.1 Å². The van der Waals surface area contributed by atoms with Crippen LogP contribution >= 0.6 is 0 Å². The van der Waals surface area contributed by atoms with E-state index in [9.17, 15) is 19.7 Å². The standard InChI is InChI=1S/C10H10N2O5/c1-11(2)9(13)6-3-4-7(10(14)15)8(5-6)12(16)17/h3-5H,1-2H3,(H,14,15). The Morgan fingerprint density at radius 1 is 1.35 bits per heavy atom. The van der Waals surface area contributed by atoms with Gasteiger partial charge in [-0.05, 0) is 12.1 Å². The average Bonchev–Trinajstić information content (AvgIpc) is 2.26. The number of amides is 1. The number of nitro groups is 1. The van der Waals surface area contributed by atoms with Gasteiger partial charge in [-0.3, -0.25) is 14.9 Å². The number of carbonyl (C=O) groups excluding carboxylic acids is 1. The van der Waals surface area contributed by atoms with Crippen LogP contribution in [0.1, 0.15) is 20.7 Å². The Bertz CT molecular complexity index is 495. The molecule has 90 valence electrons. The Morgan fingerprint density at radius 2 is 1.94 bits per heavy atom. The summed E-state index contributed by atoms with van der Waals surface area (Å²) in [4.78, 5) is 33.4. The van der Waals surface area contributed by atoms with E-state index >= 15 is 0 Å². The second-order valence-electron chi connectivity index (χ2n) is 3.49. The molecule has 1 aromatic carbocycles. The molecule has 0 fully saturated rings. The molecular weight excluding hydrogens is 228 g/mol. The quantitative estimate of drug-likeness (QED) is 0.625. The van der Waals surface area contributed by atoms with E-state index in [1.54, 1.807) is 0 Å². The van der Waals surface area contributed by atoms with Crippen LogP contribution in [-0.2, 0) is 0 Å². The summed E-state index contributed by atoms with van der Waals surface area (Å²) >= 11 is 0. The fourth-order valence-corrected chi connectivity index (χ4v) is 1.25. The molecule has 1 rings (SSSR count). The van der Waals surface area contributed by atoms with E-state index in [-0.39, 0.29) is 5.56 Å². The van der Waals surface area contributed by atoms with Gasteiger partial charge in [0.15, 0.2) is 0 Å². The van der Waals surface area contributed by atoms with Crippen molar-refractivity contribution in [1.82, 2.24) is 4.90 Å². The van der Waals surface area contributed by atoms with Gasteiger partial charge < -0.3 is 10.0 Å². The smallest absolute Gasteiger partial charge is 0.342 e. The predicted octanol–water partition coefficient (Wildman–Crippen LogP) is 0.995. The Labute approximate surface area is 96.4 Å². The molecule has 0 aliphatic carbocycles. The third kappa shape index (κ3) is 2.57. The van der Waals surface area contributed by atoms with Gasteiger partial charge in [0.1, 0.15) is 5.56 Å². The number of nitrogens with zero attached hydrogens (tertiary/aromatic N) is 2. The van der Waals surface area contributed by atoms with Gasteiger partial charge in [0.2, 0.25) is 0 Å². The SMILES string of the molecule is CN(C)C(=O)c1ccc(C(=O)O)c([N+](=O)[O-])c1. The fourth-order valence-electron chi connectivity index (χ4n) is 1.25. The third-order valence-corrected chi connectivity index (χ3v) is 2.08. The Morgan fingerprint density at radius 3 is 2.35 bits per heavy atom. The Hall–Kier alpha value is -2.44. The minimum absolute atomic E-state index is 0.0756. The number of carboxylic acid groups (broad SMARTS) is 1. The lowest BCUT2D eigenvalue weighted by atomic mass is 10.1. The highest BCUT2D eigenvalue weighted by atomic mass is 16.6. The molecule has 0 radical (unpaired) electrons. The van der Waals surface area contributed by atoms with Crippen LogP contribution in [0.2, 0.25) is 0 Å². The van der Waals surface area contributed by atoms with E-state index in [1.807, 2.05) is 0 Å². The summed E-state index contributed by atoms with van der Waals surface area (Å²) in [5.74, 6) is -1.83. The van der Waals surface area contributed by atoms with Gasteiger partial charge in [-0.15, -0.1) is 0 Å². The summed E-state index contributed by atoms with van der Waals surface area (Å²) in [6.07, 6.45) is 0. The fraction of sp³-hybridized carbons (Fsp3) is 0.200. The van der Waals surface area contributed by atoms with E-state index in [4.69, 9.17) is 5.11 Å². The predicted molar refractivity (Wildman–Crippen MR) is 58.1 cm³/mol. The number of aromatic carboxylic acids is 1. The molecule has 1 aromatic rings. The van der Waals surface area contributed by atoms with Crippen molar-refractivity contribution in [2.24, 2.45) is 0 Å². The average molecular weight is 238 g/mol. The minimum Gasteiger partial charge on any atom is -0.477 e. The molecule has 7 heteroatoms. The zero-order chi connectivity index (χ0) is 13.2. The van der Waals surface area contributed by atoms with E-state index in [0.717, 1.165) is 12.1 Å². The number of carboxylic acids is 1. The largest absolute Gasteiger partial charge is 0.477 e. The molecule has 0 bridgehead atoms. The summed E-state index contributed by atoms with van der Waals surface area (Å²) in [7, 11) is 3.00. The Balaban J connectivity index is 3.33. The van der Waals surface area contributed by atoms with Crippen molar-refractivity contribution in [3.05, 3.63) is 39.4 Å². The number of nitro benzene ring substituents is 1. The first-order valence-corrected chi connectivity index (χ1v) is 4.58. The molecular formula is C10H10N2O5. The summed E-state index contributed by atoms with van der Waals surface area (Å²) in [6.45, 7) is 0. The number of hydrogen-bond donors (Lipinski definition) is 1. The lowest BCUT2D eigenvalue weighted by Gasteiger charge is -2.10. The minimum atomic E-state index is -1.40. The van der Waals surface area contributed by atoms with Crippen molar-refractivity contribution < 1.29 is 19.6 Å². The summed E-state index contributed by atoms with van der Waals surface area (Å²) in [5, 5.41) is 19.4. The molecule has 0 spiro atoms. The second kappa shape index (κ2) is 4.60. The van der Waals surface area contributed by atoms with Crippen molar-refractivity contribution in [2.75, 3.05) is 14.1 Å². The van der Waals surface area contributed by atoms with Crippen LogP contribution in [0.15, 0.2) is 18.2 Å². The first-order chi connectivity index (χ1) is 7.84. The lowest BCUT2D eigenvalue weighted by Crippen LogP contribution is -2.22. The van der Waals surface area contributed by atoms with Gasteiger partial charge in [0.05, 0.1) is 4.92 Å². The highest BCUT2D eigenvalue weighted by Crippen LogP contribution is 2.20. The number of rotatable bonds is 3. The highest BCUT2D eigenvalue weighted by Gasteiger charge is 2.22. The zero-order valence-electron chi connectivity index (χ0n) is 9.21. The van der Waals surface area contributed by atoms with Gasteiger partial charge >= 0.3 is 5.97 Å². The molecule has 0 aliphatic heterocycles. The molecule has 0 saturated carbocycles. The van der Waals surface area contributed by atoms with Gasteiger partial charge in [0, 0.05) is 25.7 Å². The molecule has 0 unspecified atom stereocenters. The summed E-state index contributed by atoms with van der Waals surface area (Å²) in [5.41, 5.74) is -0.956. The van der Waals surface area contributed by atoms with E-state index in [2.05, 4.69) is 0 Å². The first-order valence-electron chi connectivity index (χ1n) is 4.58. The van der Waals surface area contributed by atoms with E-state index < -0.39 is 28.1 Å². The molecule has 1 amide bonds. The third-order valence-electron chi connectivity index (χ3n) is 2.08. The number of hydrogen-bond acceptors (Lipinski definition) is 4. The van der Waals surface area contributed by atoms with Gasteiger partial charge in [0.25, 0.3) is 11.6 Å². The van der Waals surface area contributed by atoms with Crippen molar-refractivity contribution in [3.63, 3.8) is 0 Å². The van der Waals surface area contributed by atoms with Gasteiger partial charge in [-0.2, -0.15) is 0 Å². The van der Waals surface area contributed by atoms with Crippen LogP contribution in [-0.4, -0.2) is 40.9 Å². The maximum absolute atomic E-state index is 11.6.